The van der Waals surface area contributed by atoms with Crippen molar-refractivity contribution >= 4 is 33.7 Å². The Labute approximate surface area is 123 Å². The second-order valence-corrected chi connectivity index (χ2v) is 5.28. The van der Waals surface area contributed by atoms with Gasteiger partial charge >= 0.3 is 0 Å². The summed E-state index contributed by atoms with van der Waals surface area (Å²) in [6.07, 6.45) is 0. The van der Waals surface area contributed by atoms with Crippen molar-refractivity contribution < 1.29 is 0 Å². The molecule has 0 aliphatic carbocycles. The van der Waals surface area contributed by atoms with Gasteiger partial charge in [0.25, 0.3) is 5.56 Å². The van der Waals surface area contributed by atoms with Crippen LogP contribution in [0, 0.1) is 6.92 Å². The highest BCUT2D eigenvalue weighted by Crippen LogP contribution is 2.17. The Hall–Kier alpha value is -2.60. The van der Waals surface area contributed by atoms with Gasteiger partial charge in [0.05, 0.1) is 28.3 Å². The van der Waals surface area contributed by atoms with Crippen LogP contribution in [0.2, 0.25) is 0 Å². The van der Waals surface area contributed by atoms with Crippen LogP contribution in [0.15, 0.2) is 47.3 Å². The summed E-state index contributed by atoms with van der Waals surface area (Å²) in [5.74, 6) is 0.654. The number of para-hydroxylation sites is 1. The molecule has 2 aromatic carbocycles. The van der Waals surface area contributed by atoms with Crippen LogP contribution in [0.4, 0.5) is 0 Å². The normalized spacial score (nSPS) is 11.3. The highest BCUT2D eigenvalue weighted by atomic mass is 32.1. The fraction of sp³-hybridized carbons (Fsp3) is 0.0667. The molecule has 0 radical (unpaired) electrons. The third-order valence-corrected chi connectivity index (χ3v) is 4.00. The number of aryl methyl sites for hydroxylation is 1. The van der Waals surface area contributed by atoms with E-state index < -0.39 is 0 Å². The summed E-state index contributed by atoms with van der Waals surface area (Å²) < 4.78 is 10.0. The van der Waals surface area contributed by atoms with Crippen LogP contribution >= 0.6 is 11.7 Å². The molecule has 4 rings (SSSR count). The maximum absolute atomic E-state index is 12.7. The maximum atomic E-state index is 12.7. The van der Waals surface area contributed by atoms with Gasteiger partial charge in [-0.15, -0.1) is 0 Å². The van der Waals surface area contributed by atoms with Gasteiger partial charge in [-0.05, 0) is 37.3 Å². The van der Waals surface area contributed by atoms with E-state index in [2.05, 4.69) is 13.7 Å². The van der Waals surface area contributed by atoms with E-state index in [4.69, 9.17) is 0 Å². The van der Waals surface area contributed by atoms with Gasteiger partial charge in [-0.3, -0.25) is 9.36 Å². The zero-order valence-electron chi connectivity index (χ0n) is 11.1. The Morgan fingerprint density at radius 1 is 1.00 bits per heavy atom. The van der Waals surface area contributed by atoms with E-state index in [1.165, 1.54) is 0 Å². The van der Waals surface area contributed by atoms with Gasteiger partial charge in [-0.2, -0.15) is 8.75 Å². The third-order valence-electron chi connectivity index (χ3n) is 3.44. The van der Waals surface area contributed by atoms with E-state index in [1.807, 2.05) is 43.3 Å². The third kappa shape index (κ3) is 1.84. The molecule has 0 N–H and O–H groups in total. The minimum absolute atomic E-state index is 0.0689. The molecular formula is C15H10N4OS. The quantitative estimate of drug-likeness (QED) is 0.541. The van der Waals surface area contributed by atoms with E-state index >= 15 is 0 Å². The van der Waals surface area contributed by atoms with Crippen LogP contribution in [0.3, 0.4) is 0 Å². The van der Waals surface area contributed by atoms with Crippen molar-refractivity contribution in [3.63, 3.8) is 0 Å². The van der Waals surface area contributed by atoms with Crippen LogP contribution in [0.25, 0.3) is 27.6 Å². The fourth-order valence-corrected chi connectivity index (χ4v) is 2.97. The van der Waals surface area contributed by atoms with Crippen molar-refractivity contribution in [1.82, 2.24) is 18.3 Å². The molecule has 0 aliphatic rings. The Morgan fingerprint density at radius 2 is 1.81 bits per heavy atom. The highest BCUT2D eigenvalue weighted by molar-refractivity contribution is 7.00. The minimum atomic E-state index is -0.0689. The molecule has 0 fully saturated rings. The summed E-state index contributed by atoms with van der Waals surface area (Å²) in [7, 11) is 0. The molecule has 21 heavy (non-hydrogen) atoms. The first-order valence-electron chi connectivity index (χ1n) is 6.45. The van der Waals surface area contributed by atoms with Crippen molar-refractivity contribution in [3.05, 3.63) is 58.6 Å². The first-order valence-corrected chi connectivity index (χ1v) is 7.18. The number of hydrogen-bond acceptors (Lipinski definition) is 5. The molecular weight excluding hydrogens is 284 g/mol. The van der Waals surface area contributed by atoms with Gasteiger partial charge in [-0.1, -0.05) is 12.1 Å². The second-order valence-electron chi connectivity index (χ2n) is 4.75. The molecule has 4 aromatic rings. The molecule has 5 nitrogen and oxygen atoms in total. The van der Waals surface area contributed by atoms with Crippen molar-refractivity contribution in [2.24, 2.45) is 0 Å². The molecule has 102 valence electrons. The van der Waals surface area contributed by atoms with Gasteiger partial charge in [-0.25, -0.2) is 4.98 Å². The van der Waals surface area contributed by atoms with Gasteiger partial charge in [0, 0.05) is 0 Å². The summed E-state index contributed by atoms with van der Waals surface area (Å²) in [6, 6.07) is 13.0. The van der Waals surface area contributed by atoms with Crippen LogP contribution < -0.4 is 5.56 Å². The summed E-state index contributed by atoms with van der Waals surface area (Å²) in [5.41, 5.74) is 3.03. The average Bonchev–Trinajstić information content (AvgIpc) is 2.95. The lowest BCUT2D eigenvalue weighted by molar-refractivity contribution is 0.896. The van der Waals surface area contributed by atoms with Gasteiger partial charge in [0.15, 0.2) is 0 Å². The van der Waals surface area contributed by atoms with E-state index in [0.717, 1.165) is 28.4 Å². The standard InChI is InChI=1S/C15H10N4OS/c1-9-16-12-5-3-2-4-11(12)15(20)19(9)10-6-7-13-14(8-10)18-21-17-13/h2-8H,1H3. The predicted molar refractivity (Wildman–Crippen MR) is 83.1 cm³/mol. The van der Waals surface area contributed by atoms with E-state index in [9.17, 15) is 4.79 Å². The molecule has 6 heteroatoms. The topological polar surface area (TPSA) is 60.7 Å². The predicted octanol–water partition coefficient (Wildman–Crippen LogP) is 2.70. The number of hydrogen-bond donors (Lipinski definition) is 0. The Kier molecular flexibility index (Phi) is 2.58. The highest BCUT2D eigenvalue weighted by Gasteiger charge is 2.10. The molecule has 0 saturated heterocycles. The summed E-state index contributed by atoms with van der Waals surface area (Å²) >= 11 is 1.16. The number of nitrogens with zero attached hydrogens (tertiary/aromatic N) is 4. The van der Waals surface area contributed by atoms with Crippen LogP contribution in [-0.4, -0.2) is 18.3 Å². The molecule has 0 spiro atoms. The zero-order valence-corrected chi connectivity index (χ0v) is 12.0. The molecule has 0 amide bonds. The molecule has 0 bridgehead atoms. The molecule has 0 atom stereocenters. The molecule has 0 aliphatic heterocycles. The van der Waals surface area contributed by atoms with Crippen LogP contribution in [0.1, 0.15) is 5.82 Å². The zero-order chi connectivity index (χ0) is 14.4. The van der Waals surface area contributed by atoms with Gasteiger partial charge in [0.2, 0.25) is 0 Å². The van der Waals surface area contributed by atoms with Gasteiger partial charge < -0.3 is 0 Å². The number of aromatic nitrogens is 4. The summed E-state index contributed by atoms with van der Waals surface area (Å²) in [4.78, 5) is 17.2. The molecule has 2 heterocycles. The smallest absolute Gasteiger partial charge is 0.265 e. The second kappa shape index (κ2) is 4.46. The summed E-state index contributed by atoms with van der Waals surface area (Å²) in [5, 5.41) is 0.611. The molecule has 2 aromatic heterocycles. The van der Waals surface area contributed by atoms with E-state index in [-0.39, 0.29) is 5.56 Å². The van der Waals surface area contributed by atoms with Crippen molar-refractivity contribution in [2.75, 3.05) is 0 Å². The van der Waals surface area contributed by atoms with Crippen molar-refractivity contribution in [2.45, 2.75) is 6.92 Å². The number of fused-ring (bicyclic) bond motifs is 2. The van der Waals surface area contributed by atoms with Gasteiger partial charge in [0.1, 0.15) is 16.9 Å². The van der Waals surface area contributed by atoms with E-state index in [0.29, 0.717) is 16.7 Å². The Bertz CT molecular complexity index is 1030. The fourth-order valence-electron chi connectivity index (χ4n) is 2.46. The molecule has 0 unspecified atom stereocenters. The lowest BCUT2D eigenvalue weighted by atomic mass is 10.2. The Balaban J connectivity index is 2.07. The largest absolute Gasteiger partial charge is 0.268 e. The van der Waals surface area contributed by atoms with Crippen molar-refractivity contribution in [1.29, 1.82) is 0 Å². The first-order chi connectivity index (χ1) is 10.2. The van der Waals surface area contributed by atoms with Crippen LogP contribution in [0.5, 0.6) is 0 Å². The monoisotopic (exact) mass is 294 g/mol. The Morgan fingerprint density at radius 3 is 2.71 bits per heavy atom. The van der Waals surface area contributed by atoms with Crippen LogP contribution in [-0.2, 0) is 0 Å². The lowest BCUT2D eigenvalue weighted by Crippen LogP contribution is -2.22. The lowest BCUT2D eigenvalue weighted by Gasteiger charge is -2.10. The molecule has 0 saturated carbocycles. The number of benzene rings is 2. The average molecular weight is 294 g/mol. The SMILES string of the molecule is Cc1nc2ccccc2c(=O)n1-c1ccc2nsnc2c1. The maximum Gasteiger partial charge on any atom is 0.265 e. The number of rotatable bonds is 1. The summed E-state index contributed by atoms with van der Waals surface area (Å²) in [6.45, 7) is 1.83. The van der Waals surface area contributed by atoms with E-state index in [1.54, 1.807) is 10.6 Å². The first kappa shape index (κ1) is 12.2. The minimum Gasteiger partial charge on any atom is -0.268 e. The van der Waals surface area contributed by atoms with Crippen molar-refractivity contribution in [3.8, 4) is 5.69 Å².